The fourth-order valence-electron chi connectivity index (χ4n) is 5.30. The van der Waals surface area contributed by atoms with Crippen LogP contribution in [0.15, 0.2) is 72.8 Å². The smallest absolute Gasteiger partial charge is 0.227 e. The summed E-state index contributed by atoms with van der Waals surface area (Å²) in [5.41, 5.74) is 2.72. The number of benzene rings is 3. The number of hydrogen-bond donors (Lipinski definition) is 0. The largest absolute Gasteiger partial charge is 0.340 e. The fourth-order valence-corrected chi connectivity index (χ4v) is 5.30. The maximum absolute atomic E-state index is 13.3. The molecule has 0 saturated carbocycles. The second-order valence-corrected chi connectivity index (χ2v) is 9.30. The van der Waals surface area contributed by atoms with Crippen LogP contribution in [0.3, 0.4) is 0 Å². The summed E-state index contributed by atoms with van der Waals surface area (Å²) in [6.07, 6.45) is 2.13. The number of piperidine rings is 1. The van der Waals surface area contributed by atoms with Gasteiger partial charge in [-0.2, -0.15) is 0 Å². The molecule has 1 atom stereocenters. The van der Waals surface area contributed by atoms with Gasteiger partial charge in [-0.25, -0.2) is 0 Å². The van der Waals surface area contributed by atoms with Gasteiger partial charge in [0.15, 0.2) is 0 Å². The van der Waals surface area contributed by atoms with E-state index < -0.39 is 0 Å². The summed E-state index contributed by atoms with van der Waals surface area (Å²) in [6, 6.07) is 25.8. The van der Waals surface area contributed by atoms with Crippen molar-refractivity contribution in [2.45, 2.75) is 25.9 Å². The number of rotatable bonds is 5. The number of carbonyl (C=O) groups excluding carboxylic acids is 1. The number of piperazine rings is 1. The fraction of sp³-hybridized carbons (Fsp3) is 0.393. The molecule has 0 radical (unpaired) electrons. The molecule has 0 spiro atoms. The Morgan fingerprint density at radius 3 is 2.34 bits per heavy atom. The van der Waals surface area contributed by atoms with Crippen molar-refractivity contribution in [3.05, 3.63) is 83.9 Å². The Hall–Kier alpha value is -2.69. The standard InChI is InChI=1S/C28H33N3O/c32-28(31-18-16-29(17-19-31)20-23-8-2-1-3-9-23)26-13-7-15-30(22-26)21-25-12-6-11-24-10-4-5-14-27(24)25/h1-6,8-12,14,26H,7,13,15-22H2. The van der Waals surface area contributed by atoms with Gasteiger partial charge in [0, 0.05) is 45.8 Å². The topological polar surface area (TPSA) is 26.8 Å². The van der Waals surface area contributed by atoms with Crippen LogP contribution in [0, 0.1) is 5.92 Å². The maximum Gasteiger partial charge on any atom is 0.227 e. The summed E-state index contributed by atoms with van der Waals surface area (Å²) in [5.74, 6) is 0.506. The second-order valence-electron chi connectivity index (χ2n) is 9.30. The van der Waals surface area contributed by atoms with Crippen molar-refractivity contribution in [3.63, 3.8) is 0 Å². The molecule has 4 nitrogen and oxygen atoms in total. The van der Waals surface area contributed by atoms with Crippen LogP contribution in [-0.2, 0) is 17.9 Å². The summed E-state index contributed by atoms with van der Waals surface area (Å²) < 4.78 is 0. The predicted molar refractivity (Wildman–Crippen MR) is 130 cm³/mol. The zero-order chi connectivity index (χ0) is 21.8. The average Bonchev–Trinajstić information content (AvgIpc) is 2.85. The van der Waals surface area contributed by atoms with Crippen LogP contribution in [0.4, 0.5) is 0 Å². The SMILES string of the molecule is O=C(C1CCCN(Cc2cccc3ccccc23)C1)N1CCN(Cc2ccccc2)CC1. The van der Waals surface area contributed by atoms with Gasteiger partial charge in [0.25, 0.3) is 0 Å². The van der Waals surface area contributed by atoms with Crippen LogP contribution in [0.2, 0.25) is 0 Å². The summed E-state index contributed by atoms with van der Waals surface area (Å²) in [7, 11) is 0. The summed E-state index contributed by atoms with van der Waals surface area (Å²) in [5, 5.41) is 2.63. The Morgan fingerprint density at radius 2 is 1.50 bits per heavy atom. The number of likely N-dealkylation sites (tertiary alicyclic amines) is 1. The van der Waals surface area contributed by atoms with Crippen LogP contribution < -0.4 is 0 Å². The molecule has 3 aromatic carbocycles. The molecule has 5 rings (SSSR count). The highest BCUT2D eigenvalue weighted by Crippen LogP contribution is 2.25. The van der Waals surface area contributed by atoms with Crippen molar-refractivity contribution < 1.29 is 4.79 Å². The normalized spacial score (nSPS) is 20.5. The second kappa shape index (κ2) is 9.85. The summed E-state index contributed by atoms with van der Waals surface area (Å²) in [4.78, 5) is 20.4. The molecule has 1 amide bonds. The van der Waals surface area contributed by atoms with Gasteiger partial charge in [0.1, 0.15) is 0 Å². The molecule has 1 unspecified atom stereocenters. The minimum atomic E-state index is 0.138. The maximum atomic E-state index is 13.3. The zero-order valence-electron chi connectivity index (χ0n) is 18.8. The number of fused-ring (bicyclic) bond motifs is 1. The third kappa shape index (κ3) is 4.87. The van der Waals surface area contributed by atoms with Gasteiger partial charge < -0.3 is 4.90 Å². The lowest BCUT2D eigenvalue weighted by atomic mass is 9.95. The monoisotopic (exact) mass is 427 g/mol. The van der Waals surface area contributed by atoms with E-state index in [1.165, 1.54) is 21.9 Å². The number of carbonyl (C=O) groups is 1. The third-order valence-corrected chi connectivity index (χ3v) is 7.06. The Bertz CT molecular complexity index is 1040. The van der Waals surface area contributed by atoms with E-state index in [1.54, 1.807) is 0 Å². The molecular weight excluding hydrogens is 394 g/mol. The first kappa shape index (κ1) is 21.2. The lowest BCUT2D eigenvalue weighted by molar-refractivity contribution is -0.139. The van der Waals surface area contributed by atoms with Crippen molar-refractivity contribution >= 4 is 16.7 Å². The van der Waals surface area contributed by atoms with Gasteiger partial charge in [-0.3, -0.25) is 14.6 Å². The van der Waals surface area contributed by atoms with Gasteiger partial charge >= 0.3 is 0 Å². The van der Waals surface area contributed by atoms with Crippen LogP contribution in [0.5, 0.6) is 0 Å². The molecule has 2 aliphatic heterocycles. The Kier molecular flexibility index (Phi) is 6.51. The lowest BCUT2D eigenvalue weighted by Gasteiger charge is -2.39. The van der Waals surface area contributed by atoms with E-state index in [-0.39, 0.29) is 5.92 Å². The number of amides is 1. The van der Waals surface area contributed by atoms with Crippen molar-refractivity contribution in [1.29, 1.82) is 0 Å². The molecule has 0 bridgehead atoms. The highest BCUT2D eigenvalue weighted by molar-refractivity contribution is 5.85. The van der Waals surface area contributed by atoms with Gasteiger partial charge in [-0.15, -0.1) is 0 Å². The molecule has 0 aliphatic carbocycles. The molecule has 2 aliphatic rings. The van der Waals surface area contributed by atoms with E-state index >= 15 is 0 Å². The van der Waals surface area contributed by atoms with Gasteiger partial charge in [0.05, 0.1) is 5.92 Å². The van der Waals surface area contributed by atoms with Crippen molar-refractivity contribution in [2.75, 3.05) is 39.3 Å². The molecule has 166 valence electrons. The van der Waals surface area contributed by atoms with Crippen LogP contribution in [0.1, 0.15) is 24.0 Å². The Labute approximate surface area is 191 Å². The van der Waals surface area contributed by atoms with Gasteiger partial charge in [0.2, 0.25) is 5.91 Å². The van der Waals surface area contributed by atoms with E-state index in [0.717, 1.165) is 65.2 Å². The Balaban J connectivity index is 1.16. The van der Waals surface area contributed by atoms with Crippen LogP contribution in [-0.4, -0.2) is 59.9 Å². The first-order chi connectivity index (χ1) is 15.8. The quantitative estimate of drug-likeness (QED) is 0.604. The minimum absolute atomic E-state index is 0.138. The number of nitrogens with zero attached hydrogens (tertiary/aromatic N) is 3. The molecule has 32 heavy (non-hydrogen) atoms. The first-order valence-electron chi connectivity index (χ1n) is 12.0. The van der Waals surface area contributed by atoms with E-state index in [1.807, 2.05) is 0 Å². The molecule has 0 aromatic heterocycles. The molecule has 3 aromatic rings. The summed E-state index contributed by atoms with van der Waals surface area (Å²) in [6.45, 7) is 7.50. The predicted octanol–water partition coefficient (Wildman–Crippen LogP) is 4.40. The Morgan fingerprint density at radius 1 is 0.750 bits per heavy atom. The molecule has 2 heterocycles. The molecular formula is C28H33N3O. The van der Waals surface area contributed by atoms with E-state index in [0.29, 0.717) is 5.91 Å². The van der Waals surface area contributed by atoms with E-state index in [2.05, 4.69) is 87.5 Å². The third-order valence-electron chi connectivity index (χ3n) is 7.06. The van der Waals surface area contributed by atoms with Crippen molar-refractivity contribution in [1.82, 2.24) is 14.7 Å². The lowest BCUT2D eigenvalue weighted by Crippen LogP contribution is -2.52. The van der Waals surface area contributed by atoms with E-state index in [4.69, 9.17) is 0 Å². The molecule has 2 fully saturated rings. The molecule has 0 N–H and O–H groups in total. The van der Waals surface area contributed by atoms with E-state index in [9.17, 15) is 4.79 Å². The average molecular weight is 428 g/mol. The highest BCUT2D eigenvalue weighted by Gasteiger charge is 2.31. The van der Waals surface area contributed by atoms with Gasteiger partial charge in [-0.1, -0.05) is 72.8 Å². The zero-order valence-corrected chi connectivity index (χ0v) is 18.8. The van der Waals surface area contributed by atoms with Crippen LogP contribution >= 0.6 is 0 Å². The van der Waals surface area contributed by atoms with Crippen LogP contribution in [0.25, 0.3) is 10.8 Å². The first-order valence-corrected chi connectivity index (χ1v) is 12.0. The highest BCUT2D eigenvalue weighted by atomic mass is 16.2. The molecule has 2 saturated heterocycles. The number of hydrogen-bond acceptors (Lipinski definition) is 3. The minimum Gasteiger partial charge on any atom is -0.340 e. The van der Waals surface area contributed by atoms with Crippen molar-refractivity contribution in [2.24, 2.45) is 5.92 Å². The summed E-state index contributed by atoms with van der Waals surface area (Å²) >= 11 is 0. The molecule has 4 heteroatoms. The van der Waals surface area contributed by atoms with Crippen molar-refractivity contribution in [3.8, 4) is 0 Å². The van der Waals surface area contributed by atoms with Gasteiger partial charge in [-0.05, 0) is 41.3 Å².